The molecule has 184 valence electrons. The Hall–Kier alpha value is -4.60. The van der Waals surface area contributed by atoms with Crippen LogP contribution in [0.1, 0.15) is 20.7 Å². The number of hydrogen-bond acceptors (Lipinski definition) is 5. The summed E-state index contributed by atoms with van der Waals surface area (Å²) in [6.07, 6.45) is 0. The van der Waals surface area contributed by atoms with Crippen molar-refractivity contribution in [3.63, 3.8) is 0 Å². The molecule has 0 aliphatic rings. The van der Waals surface area contributed by atoms with Crippen LogP contribution in [-0.2, 0) is 0 Å². The molecule has 0 bridgehead atoms. The van der Waals surface area contributed by atoms with E-state index in [1.54, 1.807) is 48.5 Å². The van der Waals surface area contributed by atoms with Crippen LogP contribution in [0.25, 0.3) is 0 Å². The SMILES string of the molecule is O=C(NC(=S)Nc1ccc(Nc2ccc(NC(=S)NC(=O)c3ccccc3)cc2)cc1)c1ccccc1. The Morgan fingerprint density at radius 2 is 0.784 bits per heavy atom. The predicted molar refractivity (Wildman–Crippen MR) is 156 cm³/mol. The van der Waals surface area contributed by atoms with Gasteiger partial charge in [0.2, 0.25) is 0 Å². The summed E-state index contributed by atoms with van der Waals surface area (Å²) in [5.74, 6) is -0.540. The van der Waals surface area contributed by atoms with Gasteiger partial charge in [-0.3, -0.25) is 20.2 Å². The first-order chi connectivity index (χ1) is 18.0. The lowest BCUT2D eigenvalue weighted by Gasteiger charge is -2.12. The maximum absolute atomic E-state index is 12.2. The number of rotatable bonds is 6. The summed E-state index contributed by atoms with van der Waals surface area (Å²) in [6, 6.07) is 32.7. The van der Waals surface area contributed by atoms with Crippen LogP contribution in [0.4, 0.5) is 22.7 Å². The van der Waals surface area contributed by atoms with Crippen molar-refractivity contribution in [2.24, 2.45) is 0 Å². The lowest BCUT2D eigenvalue weighted by molar-refractivity contribution is 0.0969. The van der Waals surface area contributed by atoms with E-state index in [9.17, 15) is 9.59 Å². The second kappa shape index (κ2) is 12.4. The number of benzene rings is 4. The minimum Gasteiger partial charge on any atom is -0.356 e. The summed E-state index contributed by atoms with van der Waals surface area (Å²) in [5.41, 5.74) is 4.30. The molecule has 0 fully saturated rings. The van der Waals surface area contributed by atoms with Crippen molar-refractivity contribution in [2.45, 2.75) is 0 Å². The molecule has 7 nitrogen and oxygen atoms in total. The molecule has 0 aromatic heterocycles. The number of carbonyl (C=O) groups is 2. The van der Waals surface area contributed by atoms with Gasteiger partial charge in [0.25, 0.3) is 11.8 Å². The lowest BCUT2D eigenvalue weighted by atomic mass is 10.2. The molecule has 4 aromatic rings. The Kier molecular flexibility index (Phi) is 8.53. The van der Waals surface area contributed by atoms with Crippen molar-refractivity contribution in [3.05, 3.63) is 120 Å². The van der Waals surface area contributed by atoms with E-state index in [2.05, 4.69) is 26.6 Å². The monoisotopic (exact) mass is 525 g/mol. The fourth-order valence-corrected chi connectivity index (χ4v) is 3.72. The average Bonchev–Trinajstić information content (AvgIpc) is 2.92. The van der Waals surface area contributed by atoms with Crippen molar-refractivity contribution in [3.8, 4) is 0 Å². The summed E-state index contributed by atoms with van der Waals surface area (Å²) in [6.45, 7) is 0. The smallest absolute Gasteiger partial charge is 0.257 e. The van der Waals surface area contributed by atoms with Crippen LogP contribution in [0.2, 0.25) is 0 Å². The summed E-state index contributed by atoms with van der Waals surface area (Å²) in [7, 11) is 0. The third kappa shape index (κ3) is 7.69. The molecular formula is C28H23N5O2S2. The molecule has 2 amide bonds. The number of hydrogen-bond donors (Lipinski definition) is 5. The maximum Gasteiger partial charge on any atom is 0.257 e. The number of amides is 2. The van der Waals surface area contributed by atoms with Crippen LogP contribution >= 0.6 is 24.4 Å². The molecule has 5 N–H and O–H groups in total. The van der Waals surface area contributed by atoms with Gasteiger partial charge in [-0.2, -0.15) is 0 Å². The Morgan fingerprint density at radius 3 is 1.14 bits per heavy atom. The van der Waals surface area contributed by atoms with E-state index in [0.29, 0.717) is 11.1 Å². The standard InChI is InChI=1S/C28H23N5O2S2/c34-25(19-7-3-1-4-8-19)32-27(36)30-23-15-11-21(12-16-23)29-22-13-17-24(18-14-22)31-28(37)33-26(35)20-9-5-2-6-10-20/h1-18,29H,(H2,30,32,34,36)(H2,31,33,35,37). The zero-order valence-electron chi connectivity index (χ0n) is 19.5. The molecular weight excluding hydrogens is 502 g/mol. The number of thiocarbonyl (C=S) groups is 2. The van der Waals surface area contributed by atoms with Crippen molar-refractivity contribution in [2.75, 3.05) is 16.0 Å². The van der Waals surface area contributed by atoms with E-state index < -0.39 is 0 Å². The van der Waals surface area contributed by atoms with Crippen LogP contribution in [0.5, 0.6) is 0 Å². The van der Waals surface area contributed by atoms with Gasteiger partial charge < -0.3 is 16.0 Å². The van der Waals surface area contributed by atoms with Crippen molar-refractivity contribution >= 4 is 69.2 Å². The highest BCUT2D eigenvalue weighted by Gasteiger charge is 2.08. The van der Waals surface area contributed by atoms with E-state index >= 15 is 0 Å². The van der Waals surface area contributed by atoms with Gasteiger partial charge in [0.15, 0.2) is 10.2 Å². The number of carbonyl (C=O) groups excluding carboxylic acids is 2. The van der Waals surface area contributed by atoms with E-state index in [0.717, 1.165) is 22.7 Å². The van der Waals surface area contributed by atoms with Crippen LogP contribution in [0.15, 0.2) is 109 Å². The highest BCUT2D eigenvalue weighted by Crippen LogP contribution is 2.21. The molecule has 0 saturated heterocycles. The summed E-state index contributed by atoms with van der Waals surface area (Å²) < 4.78 is 0. The van der Waals surface area contributed by atoms with Gasteiger partial charge in [-0.25, -0.2) is 0 Å². The molecule has 0 aliphatic heterocycles. The second-order valence-corrected chi connectivity index (χ2v) is 8.64. The van der Waals surface area contributed by atoms with E-state index in [1.165, 1.54) is 0 Å². The van der Waals surface area contributed by atoms with E-state index in [4.69, 9.17) is 24.4 Å². The van der Waals surface area contributed by atoms with Gasteiger partial charge in [0.1, 0.15) is 0 Å². The lowest BCUT2D eigenvalue weighted by Crippen LogP contribution is -2.34. The molecule has 4 aromatic carbocycles. The van der Waals surface area contributed by atoms with Crippen molar-refractivity contribution in [1.82, 2.24) is 10.6 Å². The molecule has 9 heteroatoms. The Balaban J connectivity index is 1.25. The van der Waals surface area contributed by atoms with Gasteiger partial charge in [0.05, 0.1) is 0 Å². The number of anilines is 4. The van der Waals surface area contributed by atoms with Crippen molar-refractivity contribution < 1.29 is 9.59 Å². The summed E-state index contributed by atoms with van der Waals surface area (Å²) >= 11 is 10.5. The first kappa shape index (κ1) is 25.5. The van der Waals surface area contributed by atoms with E-state index in [1.807, 2.05) is 60.7 Å². The average molecular weight is 526 g/mol. The molecule has 4 rings (SSSR count). The Morgan fingerprint density at radius 1 is 0.459 bits per heavy atom. The maximum atomic E-state index is 12.2. The zero-order chi connectivity index (χ0) is 26.0. The predicted octanol–water partition coefficient (Wildman–Crippen LogP) is 5.68. The highest BCUT2D eigenvalue weighted by atomic mass is 32.1. The number of nitrogens with one attached hydrogen (secondary N) is 5. The molecule has 0 atom stereocenters. The molecule has 0 heterocycles. The fraction of sp³-hybridized carbons (Fsp3) is 0. The Labute approximate surface area is 225 Å². The molecule has 0 radical (unpaired) electrons. The summed E-state index contributed by atoms with van der Waals surface area (Å²) in [4.78, 5) is 24.4. The van der Waals surface area contributed by atoms with Gasteiger partial charge in [-0.05, 0) is 97.2 Å². The van der Waals surface area contributed by atoms with Gasteiger partial charge >= 0.3 is 0 Å². The largest absolute Gasteiger partial charge is 0.356 e. The molecule has 0 saturated carbocycles. The van der Waals surface area contributed by atoms with Gasteiger partial charge in [0, 0.05) is 33.9 Å². The van der Waals surface area contributed by atoms with Crippen LogP contribution < -0.4 is 26.6 Å². The van der Waals surface area contributed by atoms with Gasteiger partial charge in [-0.1, -0.05) is 36.4 Å². The van der Waals surface area contributed by atoms with Crippen LogP contribution in [-0.4, -0.2) is 22.0 Å². The third-order valence-electron chi connectivity index (χ3n) is 5.10. The molecule has 0 spiro atoms. The zero-order valence-corrected chi connectivity index (χ0v) is 21.2. The molecule has 0 aliphatic carbocycles. The highest BCUT2D eigenvalue weighted by molar-refractivity contribution is 7.80. The second-order valence-electron chi connectivity index (χ2n) is 7.83. The normalized spacial score (nSPS) is 10.1. The third-order valence-corrected chi connectivity index (χ3v) is 5.51. The fourth-order valence-electron chi connectivity index (χ4n) is 3.29. The first-order valence-corrected chi connectivity index (χ1v) is 12.1. The van der Waals surface area contributed by atoms with Crippen LogP contribution in [0.3, 0.4) is 0 Å². The first-order valence-electron chi connectivity index (χ1n) is 11.3. The minimum atomic E-state index is -0.270. The van der Waals surface area contributed by atoms with Crippen molar-refractivity contribution in [1.29, 1.82) is 0 Å². The Bertz CT molecular complexity index is 1290. The molecule has 37 heavy (non-hydrogen) atoms. The van der Waals surface area contributed by atoms with E-state index in [-0.39, 0.29) is 22.0 Å². The summed E-state index contributed by atoms with van der Waals surface area (Å²) in [5, 5.41) is 15.1. The van der Waals surface area contributed by atoms with Crippen LogP contribution in [0, 0.1) is 0 Å². The minimum absolute atomic E-state index is 0.218. The quantitative estimate of drug-likeness (QED) is 0.207. The molecule has 0 unspecified atom stereocenters. The topological polar surface area (TPSA) is 94.3 Å². The van der Waals surface area contributed by atoms with Gasteiger partial charge in [-0.15, -0.1) is 0 Å².